The molecule has 1 N–H and O–H groups in total. The number of nitrogens with zero attached hydrogens (tertiary/aromatic N) is 10. The number of carbonyl (C=O) groups excluding carboxylic acids is 1. The van der Waals surface area contributed by atoms with Crippen LogP contribution in [0.3, 0.4) is 0 Å². The van der Waals surface area contributed by atoms with Gasteiger partial charge in [-0.05, 0) is 18.4 Å². The van der Waals surface area contributed by atoms with Crippen molar-refractivity contribution in [2.75, 3.05) is 42.5 Å². The number of carboxylic acid groups (broad SMARTS) is 1. The van der Waals surface area contributed by atoms with Crippen LogP contribution in [0.2, 0.25) is 0 Å². The number of hydrogen-bond acceptors (Lipinski definition) is 9. The Balaban J connectivity index is 1.90. The summed E-state index contributed by atoms with van der Waals surface area (Å²) in [6, 6.07) is -0.604. The zero-order valence-corrected chi connectivity index (χ0v) is 18.6. The van der Waals surface area contributed by atoms with E-state index in [1.54, 1.807) is 4.90 Å². The molecule has 1 saturated heterocycles. The van der Waals surface area contributed by atoms with Gasteiger partial charge in [0.25, 0.3) is 0 Å². The number of amides is 1. The van der Waals surface area contributed by atoms with Crippen LogP contribution in [-0.4, -0.2) is 80.6 Å². The highest BCUT2D eigenvalue weighted by Gasteiger charge is 2.37. The molecule has 1 atom stereocenters. The minimum atomic E-state index is -1.11. The fraction of sp³-hybridized carbons (Fsp3) is 0.500. The van der Waals surface area contributed by atoms with E-state index in [4.69, 9.17) is 10.6 Å². The van der Waals surface area contributed by atoms with Crippen LogP contribution in [0, 0.1) is 0 Å². The van der Waals surface area contributed by atoms with Crippen molar-refractivity contribution in [3.8, 4) is 0 Å². The maximum Gasteiger partial charge on any atom is 0.338 e. The normalized spacial score (nSPS) is 15.6. The van der Waals surface area contributed by atoms with E-state index in [9.17, 15) is 9.59 Å². The van der Waals surface area contributed by atoms with E-state index in [2.05, 4.69) is 30.0 Å². The highest BCUT2D eigenvalue weighted by atomic mass is 16.4. The molecule has 13 nitrogen and oxygen atoms in total. The minimum absolute atomic E-state index is 0.0210. The number of piperazine rings is 1. The summed E-state index contributed by atoms with van der Waals surface area (Å²) in [6.45, 7) is 6.52. The van der Waals surface area contributed by atoms with E-state index in [-0.39, 0.29) is 11.5 Å². The van der Waals surface area contributed by atoms with Crippen molar-refractivity contribution in [2.45, 2.75) is 32.7 Å². The molecule has 33 heavy (non-hydrogen) atoms. The molecule has 0 saturated carbocycles. The van der Waals surface area contributed by atoms with Crippen LogP contribution in [0.5, 0.6) is 0 Å². The summed E-state index contributed by atoms with van der Waals surface area (Å²) in [7, 11) is 0. The van der Waals surface area contributed by atoms with Gasteiger partial charge in [0.2, 0.25) is 17.8 Å². The molecule has 3 heterocycles. The summed E-state index contributed by atoms with van der Waals surface area (Å²) in [5, 5.41) is 12.6. The molecule has 13 heteroatoms. The highest BCUT2D eigenvalue weighted by molar-refractivity contribution is 5.87. The topological polar surface area (TPSA) is 164 Å². The SMILES string of the molecule is CCCN(CCC)C(=O)[C@H]1CN(c2ncc(N=[N+]=[N-])cn2)CCN1c1ncc(C(=O)O)cn1. The number of aromatic nitrogens is 4. The molecule has 1 aliphatic heterocycles. The van der Waals surface area contributed by atoms with Crippen molar-refractivity contribution in [1.82, 2.24) is 24.8 Å². The van der Waals surface area contributed by atoms with Gasteiger partial charge in [-0.3, -0.25) is 4.79 Å². The molecule has 0 radical (unpaired) electrons. The third kappa shape index (κ3) is 5.63. The lowest BCUT2D eigenvalue weighted by Gasteiger charge is -2.42. The molecule has 174 valence electrons. The Bertz CT molecular complexity index is 1000. The van der Waals surface area contributed by atoms with E-state index < -0.39 is 12.0 Å². The lowest BCUT2D eigenvalue weighted by Crippen LogP contribution is -2.61. The second-order valence-electron chi connectivity index (χ2n) is 7.49. The monoisotopic (exact) mass is 454 g/mol. The molecule has 2 aromatic heterocycles. The molecule has 1 aliphatic rings. The lowest BCUT2D eigenvalue weighted by atomic mass is 10.1. The van der Waals surface area contributed by atoms with E-state index in [0.717, 1.165) is 12.8 Å². The average molecular weight is 454 g/mol. The second kappa shape index (κ2) is 11.0. The molecule has 0 aromatic carbocycles. The number of aromatic carboxylic acids is 1. The smallest absolute Gasteiger partial charge is 0.338 e. The molecular formula is C20H26N10O3. The standard InChI is InChI=1S/C20H26N10O3/c1-3-5-28(6-4-2)17(31)16-13-29(19-24-11-15(12-25-19)26-27-21)7-8-30(16)20-22-9-14(10-23-20)18(32)33/h9-12,16H,3-8,13H2,1-2H3,(H,32,33)/t16-/m1/s1. The Kier molecular flexibility index (Phi) is 7.92. The predicted octanol–water partition coefficient (Wildman–Crippen LogP) is 2.25. The van der Waals surface area contributed by atoms with Crippen LogP contribution in [-0.2, 0) is 4.79 Å². The van der Waals surface area contributed by atoms with Crippen molar-refractivity contribution < 1.29 is 14.7 Å². The Morgan fingerprint density at radius 1 is 1.09 bits per heavy atom. The van der Waals surface area contributed by atoms with Crippen molar-refractivity contribution in [3.05, 3.63) is 40.8 Å². The van der Waals surface area contributed by atoms with E-state index in [1.807, 2.05) is 23.6 Å². The van der Waals surface area contributed by atoms with Gasteiger partial charge in [0.15, 0.2) is 0 Å². The Hall–Kier alpha value is -3.99. The summed E-state index contributed by atoms with van der Waals surface area (Å²) >= 11 is 0. The first-order valence-corrected chi connectivity index (χ1v) is 10.7. The third-order valence-electron chi connectivity index (χ3n) is 5.17. The van der Waals surface area contributed by atoms with Gasteiger partial charge >= 0.3 is 5.97 Å². The van der Waals surface area contributed by atoms with Gasteiger partial charge < -0.3 is 19.8 Å². The highest BCUT2D eigenvalue weighted by Crippen LogP contribution is 2.22. The summed E-state index contributed by atoms with van der Waals surface area (Å²) in [6.07, 6.45) is 7.00. The lowest BCUT2D eigenvalue weighted by molar-refractivity contribution is -0.132. The molecule has 0 bridgehead atoms. The minimum Gasteiger partial charge on any atom is -0.478 e. The zero-order valence-electron chi connectivity index (χ0n) is 18.6. The van der Waals surface area contributed by atoms with Crippen LogP contribution < -0.4 is 9.80 Å². The number of azide groups is 1. The average Bonchev–Trinajstić information content (AvgIpc) is 2.84. The molecule has 0 spiro atoms. The largest absolute Gasteiger partial charge is 0.478 e. The maximum atomic E-state index is 13.6. The first kappa shape index (κ1) is 23.7. The molecule has 3 rings (SSSR count). The Morgan fingerprint density at radius 2 is 1.70 bits per heavy atom. The number of hydrogen-bond donors (Lipinski definition) is 1. The molecular weight excluding hydrogens is 428 g/mol. The number of carboxylic acids is 1. The molecule has 0 unspecified atom stereocenters. The van der Waals surface area contributed by atoms with Gasteiger partial charge in [-0.15, -0.1) is 0 Å². The second-order valence-corrected chi connectivity index (χ2v) is 7.49. The van der Waals surface area contributed by atoms with Crippen LogP contribution in [0.4, 0.5) is 17.6 Å². The van der Waals surface area contributed by atoms with Gasteiger partial charge in [0.1, 0.15) is 6.04 Å². The van der Waals surface area contributed by atoms with Crippen molar-refractivity contribution >= 4 is 29.5 Å². The Morgan fingerprint density at radius 3 is 2.24 bits per heavy atom. The van der Waals surface area contributed by atoms with Crippen molar-refractivity contribution in [1.29, 1.82) is 0 Å². The first-order valence-electron chi connectivity index (χ1n) is 10.7. The molecule has 2 aromatic rings. The van der Waals surface area contributed by atoms with Gasteiger partial charge in [-0.2, -0.15) is 0 Å². The Labute approximate surface area is 190 Å². The quantitative estimate of drug-likeness (QED) is 0.340. The van der Waals surface area contributed by atoms with Crippen LogP contribution in [0.1, 0.15) is 37.0 Å². The summed E-state index contributed by atoms with van der Waals surface area (Å²) < 4.78 is 0. The van der Waals surface area contributed by atoms with Gasteiger partial charge in [-0.1, -0.05) is 19.0 Å². The van der Waals surface area contributed by atoms with E-state index in [0.29, 0.717) is 50.3 Å². The summed E-state index contributed by atoms with van der Waals surface area (Å²) in [5.74, 6) is -0.452. The summed E-state index contributed by atoms with van der Waals surface area (Å²) in [4.78, 5) is 49.9. The maximum absolute atomic E-state index is 13.6. The van der Waals surface area contributed by atoms with Crippen LogP contribution >= 0.6 is 0 Å². The van der Waals surface area contributed by atoms with Gasteiger partial charge in [-0.25, -0.2) is 24.7 Å². The van der Waals surface area contributed by atoms with Crippen LogP contribution in [0.25, 0.3) is 10.4 Å². The molecule has 1 fully saturated rings. The van der Waals surface area contributed by atoms with Crippen molar-refractivity contribution in [3.63, 3.8) is 0 Å². The van der Waals surface area contributed by atoms with Gasteiger partial charge in [0.05, 0.1) is 17.8 Å². The number of carbonyl (C=O) groups is 2. The molecule has 1 amide bonds. The van der Waals surface area contributed by atoms with Gasteiger partial charge in [0, 0.05) is 55.9 Å². The van der Waals surface area contributed by atoms with Crippen LogP contribution in [0.15, 0.2) is 29.9 Å². The number of rotatable bonds is 9. The molecule has 0 aliphatic carbocycles. The summed E-state index contributed by atoms with van der Waals surface area (Å²) in [5.41, 5.74) is 8.84. The van der Waals surface area contributed by atoms with Crippen molar-refractivity contribution in [2.24, 2.45) is 5.11 Å². The fourth-order valence-electron chi connectivity index (χ4n) is 3.66. The predicted molar refractivity (Wildman–Crippen MR) is 120 cm³/mol. The van der Waals surface area contributed by atoms with E-state index in [1.165, 1.54) is 24.8 Å². The number of anilines is 2. The third-order valence-corrected chi connectivity index (χ3v) is 5.17. The fourth-order valence-corrected chi connectivity index (χ4v) is 3.66. The first-order chi connectivity index (χ1) is 16.0. The zero-order chi connectivity index (χ0) is 23.8. The van der Waals surface area contributed by atoms with E-state index >= 15 is 0 Å².